The lowest BCUT2D eigenvalue weighted by molar-refractivity contribution is -0.134. The number of amides is 3. The molecule has 1 N–H and O–H groups in total. The Labute approximate surface area is 118 Å². The Kier molecular flexibility index (Phi) is 4.81. The standard InChI is InChI=1S/C13H21N3O4/c1-2-20-13(19)16-7-5-15(6-8-16)11(17)9-14-12(18)10-3-4-10/h10H,2-9H2,1H3,(H,14,18). The molecule has 2 aliphatic rings. The quantitative estimate of drug-likeness (QED) is 0.776. The highest BCUT2D eigenvalue weighted by Gasteiger charge is 2.30. The fourth-order valence-corrected chi connectivity index (χ4v) is 2.12. The first-order valence-electron chi connectivity index (χ1n) is 7.09. The highest BCUT2D eigenvalue weighted by molar-refractivity contribution is 5.87. The number of carbonyl (C=O) groups is 3. The third-order valence-electron chi connectivity index (χ3n) is 3.52. The van der Waals surface area contributed by atoms with Gasteiger partial charge >= 0.3 is 6.09 Å². The van der Waals surface area contributed by atoms with Crippen LogP contribution in [0.5, 0.6) is 0 Å². The molecule has 0 aromatic rings. The predicted octanol–water partition coefficient (Wildman–Crippen LogP) is -0.187. The summed E-state index contributed by atoms with van der Waals surface area (Å²) in [7, 11) is 0. The van der Waals surface area contributed by atoms with E-state index in [1.54, 1.807) is 16.7 Å². The molecule has 1 saturated carbocycles. The van der Waals surface area contributed by atoms with Crippen LogP contribution in [0.15, 0.2) is 0 Å². The summed E-state index contributed by atoms with van der Waals surface area (Å²) in [5, 5.41) is 2.66. The van der Waals surface area contributed by atoms with Crippen LogP contribution in [0.1, 0.15) is 19.8 Å². The van der Waals surface area contributed by atoms with Crippen LogP contribution in [-0.2, 0) is 14.3 Å². The molecule has 0 atom stereocenters. The van der Waals surface area contributed by atoms with Crippen molar-refractivity contribution in [3.05, 3.63) is 0 Å². The van der Waals surface area contributed by atoms with Gasteiger partial charge in [-0.1, -0.05) is 0 Å². The molecule has 1 aliphatic heterocycles. The molecule has 0 bridgehead atoms. The van der Waals surface area contributed by atoms with Crippen molar-refractivity contribution in [1.82, 2.24) is 15.1 Å². The normalized spacial score (nSPS) is 18.6. The molecule has 7 nitrogen and oxygen atoms in total. The topological polar surface area (TPSA) is 79.0 Å². The lowest BCUT2D eigenvalue weighted by Crippen LogP contribution is -2.52. The summed E-state index contributed by atoms with van der Waals surface area (Å²) >= 11 is 0. The van der Waals surface area contributed by atoms with Crippen molar-refractivity contribution in [3.8, 4) is 0 Å². The first kappa shape index (κ1) is 14.6. The highest BCUT2D eigenvalue weighted by Crippen LogP contribution is 2.28. The third kappa shape index (κ3) is 3.85. The molecule has 20 heavy (non-hydrogen) atoms. The fourth-order valence-electron chi connectivity index (χ4n) is 2.12. The van der Waals surface area contributed by atoms with Gasteiger partial charge in [-0.2, -0.15) is 0 Å². The van der Waals surface area contributed by atoms with Crippen molar-refractivity contribution in [2.24, 2.45) is 5.92 Å². The molecular formula is C13H21N3O4. The van der Waals surface area contributed by atoms with Crippen LogP contribution in [0, 0.1) is 5.92 Å². The van der Waals surface area contributed by atoms with Gasteiger partial charge in [0, 0.05) is 32.1 Å². The van der Waals surface area contributed by atoms with E-state index in [-0.39, 0.29) is 30.4 Å². The molecule has 1 aliphatic carbocycles. The van der Waals surface area contributed by atoms with E-state index in [1.165, 1.54) is 0 Å². The lowest BCUT2D eigenvalue weighted by Gasteiger charge is -2.34. The van der Waals surface area contributed by atoms with Crippen molar-refractivity contribution >= 4 is 17.9 Å². The van der Waals surface area contributed by atoms with Gasteiger partial charge in [-0.05, 0) is 19.8 Å². The second-order valence-electron chi connectivity index (χ2n) is 5.06. The molecule has 0 radical (unpaired) electrons. The first-order valence-corrected chi connectivity index (χ1v) is 7.09. The number of carbonyl (C=O) groups excluding carboxylic acids is 3. The van der Waals surface area contributed by atoms with Gasteiger partial charge in [0.15, 0.2) is 0 Å². The number of hydrogen-bond acceptors (Lipinski definition) is 4. The van der Waals surface area contributed by atoms with E-state index in [0.717, 1.165) is 12.8 Å². The molecule has 0 spiro atoms. The van der Waals surface area contributed by atoms with Crippen LogP contribution in [0.4, 0.5) is 4.79 Å². The van der Waals surface area contributed by atoms with Gasteiger partial charge in [0.25, 0.3) is 0 Å². The van der Waals surface area contributed by atoms with Gasteiger partial charge in [0.05, 0.1) is 13.2 Å². The SMILES string of the molecule is CCOC(=O)N1CCN(C(=O)CNC(=O)C2CC2)CC1. The predicted molar refractivity (Wildman–Crippen MR) is 70.9 cm³/mol. The summed E-state index contributed by atoms with van der Waals surface area (Å²) in [6, 6.07) is 0. The minimum absolute atomic E-state index is 0.0245. The monoisotopic (exact) mass is 283 g/mol. The van der Waals surface area contributed by atoms with Gasteiger partial charge < -0.3 is 19.9 Å². The largest absolute Gasteiger partial charge is 0.450 e. The molecule has 1 heterocycles. The second-order valence-corrected chi connectivity index (χ2v) is 5.06. The Bertz CT molecular complexity index is 387. The molecule has 112 valence electrons. The van der Waals surface area contributed by atoms with E-state index in [1.807, 2.05) is 0 Å². The highest BCUT2D eigenvalue weighted by atomic mass is 16.6. The average molecular weight is 283 g/mol. The van der Waals surface area contributed by atoms with Crippen LogP contribution in [0.3, 0.4) is 0 Å². The van der Waals surface area contributed by atoms with Crippen molar-refractivity contribution in [2.45, 2.75) is 19.8 Å². The summed E-state index contributed by atoms with van der Waals surface area (Å²) in [4.78, 5) is 38.2. The fraction of sp³-hybridized carbons (Fsp3) is 0.769. The number of hydrogen-bond donors (Lipinski definition) is 1. The van der Waals surface area contributed by atoms with Gasteiger partial charge in [-0.25, -0.2) is 4.79 Å². The summed E-state index contributed by atoms with van der Waals surface area (Å²) in [5.41, 5.74) is 0. The average Bonchev–Trinajstić information content (AvgIpc) is 3.29. The Morgan fingerprint density at radius 2 is 1.70 bits per heavy atom. The maximum Gasteiger partial charge on any atom is 0.409 e. The van der Waals surface area contributed by atoms with Crippen LogP contribution < -0.4 is 5.32 Å². The maximum atomic E-state index is 11.9. The smallest absolute Gasteiger partial charge is 0.409 e. The van der Waals surface area contributed by atoms with E-state index in [2.05, 4.69) is 5.32 Å². The summed E-state index contributed by atoms with van der Waals surface area (Å²) in [6.45, 7) is 4.08. The minimum Gasteiger partial charge on any atom is -0.450 e. The van der Waals surface area contributed by atoms with Gasteiger partial charge in [-0.15, -0.1) is 0 Å². The third-order valence-corrected chi connectivity index (χ3v) is 3.52. The first-order chi connectivity index (χ1) is 9.61. The number of rotatable bonds is 4. The zero-order valence-corrected chi connectivity index (χ0v) is 11.8. The molecule has 2 rings (SSSR count). The van der Waals surface area contributed by atoms with Crippen LogP contribution >= 0.6 is 0 Å². The zero-order chi connectivity index (χ0) is 14.5. The molecule has 0 aromatic carbocycles. The van der Waals surface area contributed by atoms with E-state index in [4.69, 9.17) is 4.74 Å². The molecule has 0 aromatic heterocycles. The van der Waals surface area contributed by atoms with Gasteiger partial charge in [0.2, 0.25) is 11.8 Å². The number of ether oxygens (including phenoxy) is 1. The van der Waals surface area contributed by atoms with Gasteiger partial charge in [0.1, 0.15) is 0 Å². The van der Waals surface area contributed by atoms with E-state index < -0.39 is 0 Å². The van der Waals surface area contributed by atoms with E-state index in [0.29, 0.717) is 32.8 Å². The van der Waals surface area contributed by atoms with Gasteiger partial charge in [-0.3, -0.25) is 9.59 Å². The van der Waals surface area contributed by atoms with Crippen molar-refractivity contribution in [2.75, 3.05) is 39.3 Å². The molecular weight excluding hydrogens is 262 g/mol. The van der Waals surface area contributed by atoms with Crippen LogP contribution in [-0.4, -0.2) is 67.0 Å². The van der Waals surface area contributed by atoms with E-state index in [9.17, 15) is 14.4 Å². The number of nitrogens with one attached hydrogen (secondary N) is 1. The summed E-state index contributed by atoms with van der Waals surface area (Å²) in [5.74, 6) is -0.00511. The lowest BCUT2D eigenvalue weighted by atomic mass is 10.3. The van der Waals surface area contributed by atoms with Crippen molar-refractivity contribution < 1.29 is 19.1 Å². The van der Waals surface area contributed by atoms with Crippen LogP contribution in [0.25, 0.3) is 0 Å². The van der Waals surface area contributed by atoms with Crippen molar-refractivity contribution in [1.29, 1.82) is 0 Å². The van der Waals surface area contributed by atoms with Crippen LogP contribution in [0.2, 0.25) is 0 Å². The zero-order valence-electron chi connectivity index (χ0n) is 11.8. The summed E-state index contributed by atoms with van der Waals surface area (Å²) < 4.78 is 4.92. The molecule has 0 unspecified atom stereocenters. The molecule has 2 fully saturated rings. The Morgan fingerprint density at radius 3 is 2.25 bits per heavy atom. The minimum atomic E-state index is -0.332. The summed E-state index contributed by atoms with van der Waals surface area (Å²) in [6.07, 6.45) is 1.53. The Hall–Kier alpha value is -1.79. The second kappa shape index (κ2) is 6.58. The Balaban J connectivity index is 1.68. The molecule has 1 saturated heterocycles. The maximum absolute atomic E-state index is 11.9. The van der Waals surface area contributed by atoms with Crippen molar-refractivity contribution in [3.63, 3.8) is 0 Å². The Morgan fingerprint density at radius 1 is 1.10 bits per heavy atom. The molecule has 3 amide bonds. The number of piperazine rings is 1. The number of nitrogens with zero attached hydrogens (tertiary/aromatic N) is 2. The molecule has 7 heteroatoms. The van der Waals surface area contributed by atoms with E-state index >= 15 is 0 Å².